The van der Waals surface area contributed by atoms with Crippen LogP contribution in [0.4, 0.5) is 0 Å². The quantitative estimate of drug-likeness (QED) is 0.767. The van der Waals surface area contributed by atoms with Crippen molar-refractivity contribution >= 4 is 27.5 Å². The number of hydrogen-bond acceptors (Lipinski definition) is 3. The highest BCUT2D eigenvalue weighted by Crippen LogP contribution is 2.26. The first-order valence-electron chi connectivity index (χ1n) is 9.53. The van der Waals surface area contributed by atoms with Crippen LogP contribution in [0.15, 0.2) is 59.5 Å². The number of amides is 1. The molecule has 1 aliphatic rings. The van der Waals surface area contributed by atoms with E-state index in [1.807, 2.05) is 37.3 Å². The molecule has 0 aliphatic carbocycles. The van der Waals surface area contributed by atoms with Crippen LogP contribution in [0, 0.1) is 5.92 Å². The Balaban J connectivity index is 1.70. The van der Waals surface area contributed by atoms with Gasteiger partial charge < -0.3 is 5.32 Å². The van der Waals surface area contributed by atoms with Gasteiger partial charge in [-0.3, -0.25) is 4.79 Å². The van der Waals surface area contributed by atoms with E-state index in [0.717, 1.165) is 12.0 Å². The van der Waals surface area contributed by atoms with Crippen LogP contribution in [0.1, 0.15) is 37.8 Å². The third-order valence-electron chi connectivity index (χ3n) is 5.13. The van der Waals surface area contributed by atoms with E-state index >= 15 is 0 Å². The molecule has 28 heavy (non-hydrogen) atoms. The van der Waals surface area contributed by atoms with Crippen molar-refractivity contribution in [3.05, 3.63) is 65.2 Å². The maximum absolute atomic E-state index is 12.9. The Hall–Kier alpha value is -1.89. The Morgan fingerprint density at radius 1 is 1.18 bits per heavy atom. The van der Waals surface area contributed by atoms with Crippen LogP contribution in [-0.4, -0.2) is 31.7 Å². The van der Waals surface area contributed by atoms with Gasteiger partial charge in [0.1, 0.15) is 0 Å². The molecule has 0 saturated carbocycles. The normalized spacial score (nSPS) is 19.1. The zero-order chi connectivity index (χ0) is 20.1. The zero-order valence-electron chi connectivity index (χ0n) is 15.8. The molecule has 150 valence electrons. The maximum atomic E-state index is 12.9. The van der Waals surface area contributed by atoms with Gasteiger partial charge in [-0.25, -0.2) is 8.42 Å². The molecule has 2 aromatic carbocycles. The molecule has 2 atom stereocenters. The van der Waals surface area contributed by atoms with E-state index in [1.165, 1.54) is 16.4 Å². The summed E-state index contributed by atoms with van der Waals surface area (Å²) in [5.41, 5.74) is 1.06. The van der Waals surface area contributed by atoms with Gasteiger partial charge in [0.05, 0.1) is 16.9 Å². The van der Waals surface area contributed by atoms with E-state index in [2.05, 4.69) is 5.32 Å². The minimum Gasteiger partial charge on any atom is -0.349 e. The lowest BCUT2D eigenvalue weighted by Gasteiger charge is -2.32. The molecule has 5 nitrogen and oxygen atoms in total. The van der Waals surface area contributed by atoms with Gasteiger partial charge in [0.2, 0.25) is 15.9 Å². The van der Waals surface area contributed by atoms with Crippen molar-refractivity contribution in [3.63, 3.8) is 0 Å². The second-order valence-electron chi connectivity index (χ2n) is 7.04. The molecule has 1 aliphatic heterocycles. The van der Waals surface area contributed by atoms with Crippen LogP contribution in [0.5, 0.6) is 0 Å². The van der Waals surface area contributed by atoms with Crippen molar-refractivity contribution in [2.24, 2.45) is 5.92 Å². The fourth-order valence-electron chi connectivity index (χ4n) is 3.53. The summed E-state index contributed by atoms with van der Waals surface area (Å²) in [6.45, 7) is 2.64. The van der Waals surface area contributed by atoms with Gasteiger partial charge in [0.15, 0.2) is 0 Å². The molecule has 1 heterocycles. The minimum absolute atomic E-state index is 0.0723. The van der Waals surface area contributed by atoms with E-state index < -0.39 is 10.0 Å². The Labute approximate surface area is 171 Å². The molecule has 2 aromatic rings. The minimum atomic E-state index is -3.64. The van der Waals surface area contributed by atoms with Crippen molar-refractivity contribution in [2.45, 2.75) is 37.1 Å². The number of benzene rings is 2. The smallest absolute Gasteiger partial charge is 0.243 e. The molecule has 0 radical (unpaired) electrons. The topological polar surface area (TPSA) is 66.5 Å². The average molecular weight is 421 g/mol. The molecule has 1 fully saturated rings. The number of piperidine rings is 1. The standard InChI is InChI=1S/C21H25ClN2O3S/c1-2-20(16-7-4-3-5-8-16)23-21(25)17-9-6-14-24(15-17)28(26,27)19-12-10-18(22)11-13-19/h3-5,7-8,10-13,17,20H,2,6,9,14-15H2,1H3,(H,23,25)/t17-,20-/m1/s1. The first-order valence-corrected chi connectivity index (χ1v) is 11.3. The van der Waals surface area contributed by atoms with Gasteiger partial charge in [-0.05, 0) is 49.1 Å². The van der Waals surface area contributed by atoms with E-state index in [4.69, 9.17) is 11.6 Å². The van der Waals surface area contributed by atoms with E-state index in [-0.39, 0.29) is 29.3 Å². The molecule has 0 bridgehead atoms. The van der Waals surface area contributed by atoms with E-state index in [1.54, 1.807) is 12.1 Å². The number of rotatable bonds is 6. The molecular formula is C21H25ClN2O3S. The summed E-state index contributed by atoms with van der Waals surface area (Å²) in [4.78, 5) is 13.0. The highest BCUT2D eigenvalue weighted by Gasteiger charge is 2.33. The summed E-state index contributed by atoms with van der Waals surface area (Å²) in [6, 6.07) is 15.9. The lowest BCUT2D eigenvalue weighted by molar-refractivity contribution is -0.126. The fraction of sp³-hybridized carbons (Fsp3) is 0.381. The average Bonchev–Trinajstić information content (AvgIpc) is 2.73. The summed E-state index contributed by atoms with van der Waals surface area (Å²) >= 11 is 5.86. The third kappa shape index (κ3) is 4.74. The van der Waals surface area contributed by atoms with Gasteiger partial charge in [-0.1, -0.05) is 48.9 Å². The van der Waals surface area contributed by atoms with Crippen LogP contribution in [-0.2, 0) is 14.8 Å². The number of sulfonamides is 1. The Bertz CT molecular complexity index is 901. The van der Waals surface area contributed by atoms with Gasteiger partial charge in [0, 0.05) is 18.1 Å². The number of halogens is 1. The summed E-state index contributed by atoms with van der Waals surface area (Å²) in [7, 11) is -3.64. The molecule has 7 heteroatoms. The largest absolute Gasteiger partial charge is 0.349 e. The summed E-state index contributed by atoms with van der Waals surface area (Å²) < 4.78 is 27.2. The van der Waals surface area contributed by atoms with E-state index in [9.17, 15) is 13.2 Å². The first kappa shape index (κ1) is 20.8. The third-order valence-corrected chi connectivity index (χ3v) is 7.26. The molecule has 3 rings (SSSR count). The van der Waals surface area contributed by atoms with Crippen LogP contribution in [0.2, 0.25) is 5.02 Å². The SMILES string of the molecule is CC[C@@H](NC(=O)[C@@H]1CCCN(S(=O)(=O)c2ccc(Cl)cc2)C1)c1ccccc1. The lowest BCUT2D eigenvalue weighted by Crippen LogP contribution is -2.46. The second-order valence-corrected chi connectivity index (χ2v) is 9.41. The van der Waals surface area contributed by atoms with Gasteiger partial charge in [-0.15, -0.1) is 0 Å². The highest BCUT2D eigenvalue weighted by molar-refractivity contribution is 7.89. The summed E-state index contributed by atoms with van der Waals surface area (Å²) in [5, 5.41) is 3.58. The Morgan fingerprint density at radius 2 is 1.86 bits per heavy atom. The van der Waals surface area contributed by atoms with Crippen molar-refractivity contribution in [2.75, 3.05) is 13.1 Å². The summed E-state index contributed by atoms with van der Waals surface area (Å²) in [6.07, 6.45) is 2.12. The van der Waals surface area contributed by atoms with E-state index in [0.29, 0.717) is 24.4 Å². The Morgan fingerprint density at radius 3 is 2.50 bits per heavy atom. The van der Waals surface area contributed by atoms with Gasteiger partial charge in [0.25, 0.3) is 0 Å². The number of hydrogen-bond donors (Lipinski definition) is 1. The first-order chi connectivity index (χ1) is 13.4. The second kappa shape index (κ2) is 9.07. The van der Waals surface area contributed by atoms with Crippen molar-refractivity contribution < 1.29 is 13.2 Å². The number of carbonyl (C=O) groups is 1. The van der Waals surface area contributed by atoms with Crippen molar-refractivity contribution in [3.8, 4) is 0 Å². The molecule has 1 N–H and O–H groups in total. The molecule has 0 unspecified atom stereocenters. The van der Waals surface area contributed by atoms with Crippen molar-refractivity contribution in [1.29, 1.82) is 0 Å². The van der Waals surface area contributed by atoms with Crippen LogP contribution in [0.3, 0.4) is 0 Å². The monoisotopic (exact) mass is 420 g/mol. The Kier molecular flexibility index (Phi) is 6.75. The maximum Gasteiger partial charge on any atom is 0.243 e. The van der Waals surface area contributed by atoms with Gasteiger partial charge >= 0.3 is 0 Å². The predicted molar refractivity (Wildman–Crippen MR) is 111 cm³/mol. The van der Waals surface area contributed by atoms with Crippen molar-refractivity contribution in [1.82, 2.24) is 9.62 Å². The molecular weight excluding hydrogens is 396 g/mol. The number of nitrogens with zero attached hydrogens (tertiary/aromatic N) is 1. The molecule has 0 spiro atoms. The number of carbonyl (C=O) groups excluding carboxylic acids is 1. The predicted octanol–water partition coefficient (Wildman–Crippen LogP) is 4.01. The fourth-order valence-corrected chi connectivity index (χ4v) is 5.18. The molecule has 1 amide bonds. The summed E-state index contributed by atoms with van der Waals surface area (Å²) in [5.74, 6) is -0.444. The van der Waals surface area contributed by atoms with Crippen LogP contribution < -0.4 is 5.32 Å². The van der Waals surface area contributed by atoms with Crippen LogP contribution in [0.25, 0.3) is 0 Å². The van der Waals surface area contributed by atoms with Gasteiger partial charge in [-0.2, -0.15) is 4.31 Å². The molecule has 0 aromatic heterocycles. The zero-order valence-corrected chi connectivity index (χ0v) is 17.4. The lowest BCUT2D eigenvalue weighted by atomic mass is 9.97. The number of nitrogens with one attached hydrogen (secondary N) is 1. The highest BCUT2D eigenvalue weighted by atomic mass is 35.5. The van der Waals surface area contributed by atoms with Crippen LogP contribution >= 0.6 is 11.6 Å². The molecule has 1 saturated heterocycles.